The normalized spacial score (nSPS) is 15.9. The Morgan fingerprint density at radius 1 is 0.912 bits per heavy atom. The minimum atomic E-state index is -0.537. The van der Waals surface area contributed by atoms with E-state index >= 15 is 0 Å². The molecular weight excluding hydrogens is 422 g/mol. The largest absolute Gasteiger partial charge is 0.351 e. The first-order chi connectivity index (χ1) is 16.5. The number of benzene rings is 3. The van der Waals surface area contributed by atoms with Gasteiger partial charge in [0.1, 0.15) is 6.04 Å². The zero-order valence-corrected chi connectivity index (χ0v) is 20.2. The molecule has 0 radical (unpaired) electrons. The Balaban J connectivity index is 1.30. The van der Waals surface area contributed by atoms with Gasteiger partial charge in [-0.05, 0) is 40.7 Å². The van der Waals surface area contributed by atoms with E-state index in [9.17, 15) is 9.59 Å². The van der Waals surface area contributed by atoms with Crippen LogP contribution in [0.15, 0.2) is 72.8 Å². The van der Waals surface area contributed by atoms with Crippen LogP contribution in [0, 0.1) is 5.92 Å². The van der Waals surface area contributed by atoms with Gasteiger partial charge in [-0.15, -0.1) is 0 Å². The van der Waals surface area contributed by atoms with Gasteiger partial charge in [-0.25, -0.2) is 0 Å². The standard InChI is InChI=1S/C29H35N3O2/c1-21(2)28(31-27(33)19-24-13-8-12-23-11-6-7-14-26(23)24)29(34)30-25-15-17-32(18-16-25)20-22-9-4-3-5-10-22/h3-14,21,25,28H,15-20H2,1-2H3,(H,30,34)(H,31,33)/t28-/m0/s1. The maximum Gasteiger partial charge on any atom is 0.243 e. The fraction of sp³-hybridized carbons (Fsp3) is 0.379. The molecule has 1 heterocycles. The minimum absolute atomic E-state index is 0.00892. The van der Waals surface area contributed by atoms with Gasteiger partial charge >= 0.3 is 0 Å². The molecule has 0 saturated carbocycles. The maximum atomic E-state index is 13.1. The summed E-state index contributed by atoms with van der Waals surface area (Å²) in [7, 11) is 0. The van der Waals surface area contributed by atoms with Crippen molar-refractivity contribution in [3.05, 3.63) is 83.9 Å². The number of carbonyl (C=O) groups is 2. The van der Waals surface area contributed by atoms with Gasteiger partial charge in [0, 0.05) is 25.7 Å². The van der Waals surface area contributed by atoms with Crippen molar-refractivity contribution < 1.29 is 9.59 Å². The van der Waals surface area contributed by atoms with Crippen LogP contribution in [0.3, 0.4) is 0 Å². The van der Waals surface area contributed by atoms with Crippen LogP contribution in [0.1, 0.15) is 37.8 Å². The zero-order valence-electron chi connectivity index (χ0n) is 20.2. The number of rotatable bonds is 8. The molecule has 2 amide bonds. The summed E-state index contributed by atoms with van der Waals surface area (Å²) in [4.78, 5) is 28.4. The fourth-order valence-corrected chi connectivity index (χ4v) is 4.75. The molecule has 1 atom stereocenters. The van der Waals surface area contributed by atoms with E-state index in [0.717, 1.165) is 48.8 Å². The van der Waals surface area contributed by atoms with Crippen LogP contribution in [0.4, 0.5) is 0 Å². The molecule has 1 fully saturated rings. The van der Waals surface area contributed by atoms with E-state index in [1.165, 1.54) is 5.56 Å². The summed E-state index contributed by atoms with van der Waals surface area (Å²) in [6.07, 6.45) is 2.11. The predicted molar refractivity (Wildman–Crippen MR) is 137 cm³/mol. The van der Waals surface area contributed by atoms with Crippen LogP contribution in [-0.2, 0) is 22.6 Å². The smallest absolute Gasteiger partial charge is 0.243 e. The number of fused-ring (bicyclic) bond motifs is 1. The lowest BCUT2D eigenvalue weighted by atomic mass is 9.99. The molecule has 0 aromatic heterocycles. The third-order valence-corrected chi connectivity index (χ3v) is 6.68. The summed E-state index contributed by atoms with van der Waals surface area (Å²) in [5.74, 6) is -0.194. The lowest BCUT2D eigenvalue weighted by Gasteiger charge is -2.33. The number of likely N-dealkylation sites (tertiary alicyclic amines) is 1. The van der Waals surface area contributed by atoms with Crippen LogP contribution in [0.2, 0.25) is 0 Å². The number of nitrogens with one attached hydrogen (secondary N) is 2. The molecule has 34 heavy (non-hydrogen) atoms. The third-order valence-electron chi connectivity index (χ3n) is 6.68. The number of amides is 2. The van der Waals surface area contributed by atoms with Crippen molar-refractivity contribution in [2.45, 2.75) is 51.7 Å². The highest BCUT2D eigenvalue weighted by Gasteiger charge is 2.28. The van der Waals surface area contributed by atoms with Crippen LogP contribution in [0.5, 0.6) is 0 Å². The summed E-state index contributed by atoms with van der Waals surface area (Å²) in [6.45, 7) is 6.81. The van der Waals surface area contributed by atoms with Crippen LogP contribution in [-0.4, -0.2) is 41.9 Å². The lowest BCUT2D eigenvalue weighted by molar-refractivity contribution is -0.130. The van der Waals surface area contributed by atoms with Crippen molar-refractivity contribution in [3.63, 3.8) is 0 Å². The molecule has 1 aliphatic rings. The zero-order chi connectivity index (χ0) is 23.9. The molecule has 0 bridgehead atoms. The molecule has 0 spiro atoms. The fourth-order valence-electron chi connectivity index (χ4n) is 4.75. The van der Waals surface area contributed by atoms with Crippen LogP contribution in [0.25, 0.3) is 10.8 Å². The SMILES string of the molecule is CC(C)[C@H](NC(=O)Cc1cccc2ccccc12)C(=O)NC1CCN(Cc2ccccc2)CC1. The molecule has 5 heteroatoms. The molecule has 0 unspecified atom stereocenters. The van der Waals surface area contributed by atoms with Gasteiger partial charge in [0.05, 0.1) is 6.42 Å². The first kappa shape index (κ1) is 24.0. The predicted octanol–water partition coefficient (Wildman–Crippen LogP) is 4.30. The number of nitrogens with zero attached hydrogens (tertiary/aromatic N) is 1. The van der Waals surface area contributed by atoms with Crippen LogP contribution < -0.4 is 10.6 Å². The quantitative estimate of drug-likeness (QED) is 0.530. The van der Waals surface area contributed by atoms with Gasteiger partial charge in [-0.2, -0.15) is 0 Å². The summed E-state index contributed by atoms with van der Waals surface area (Å²) in [5.41, 5.74) is 2.29. The Kier molecular flexibility index (Phi) is 7.96. The average Bonchev–Trinajstić information content (AvgIpc) is 2.84. The Hall–Kier alpha value is -3.18. The first-order valence-corrected chi connectivity index (χ1v) is 12.3. The average molecular weight is 458 g/mol. The topological polar surface area (TPSA) is 61.4 Å². The number of carbonyl (C=O) groups excluding carboxylic acids is 2. The highest BCUT2D eigenvalue weighted by molar-refractivity contribution is 5.92. The Morgan fingerprint density at radius 2 is 1.59 bits per heavy atom. The monoisotopic (exact) mass is 457 g/mol. The van der Waals surface area contributed by atoms with Gasteiger partial charge in [-0.3, -0.25) is 14.5 Å². The molecule has 1 saturated heterocycles. The van der Waals surface area contributed by atoms with E-state index in [0.29, 0.717) is 0 Å². The van der Waals surface area contributed by atoms with Gasteiger partial charge in [0.25, 0.3) is 0 Å². The van der Waals surface area contributed by atoms with Crippen molar-refractivity contribution in [1.29, 1.82) is 0 Å². The molecular formula is C29H35N3O2. The Bertz CT molecular complexity index is 1100. The first-order valence-electron chi connectivity index (χ1n) is 12.3. The highest BCUT2D eigenvalue weighted by Crippen LogP contribution is 2.19. The van der Waals surface area contributed by atoms with E-state index < -0.39 is 6.04 Å². The number of hydrogen-bond acceptors (Lipinski definition) is 3. The number of hydrogen-bond donors (Lipinski definition) is 2. The minimum Gasteiger partial charge on any atom is -0.351 e. The Labute approximate surface area is 202 Å². The molecule has 3 aromatic rings. The summed E-state index contributed by atoms with van der Waals surface area (Å²) < 4.78 is 0. The molecule has 5 nitrogen and oxygen atoms in total. The van der Waals surface area contributed by atoms with Gasteiger partial charge in [0.2, 0.25) is 11.8 Å². The van der Waals surface area contributed by atoms with E-state index in [2.05, 4.69) is 39.8 Å². The second kappa shape index (κ2) is 11.3. The third kappa shape index (κ3) is 6.23. The Morgan fingerprint density at radius 3 is 2.32 bits per heavy atom. The van der Waals surface area contributed by atoms with Crippen molar-refractivity contribution in [2.75, 3.05) is 13.1 Å². The van der Waals surface area contributed by atoms with Gasteiger partial charge < -0.3 is 10.6 Å². The van der Waals surface area contributed by atoms with Gasteiger partial charge in [0.15, 0.2) is 0 Å². The molecule has 178 valence electrons. The lowest BCUT2D eigenvalue weighted by Crippen LogP contribution is -2.54. The van der Waals surface area contributed by atoms with Crippen LogP contribution >= 0.6 is 0 Å². The molecule has 0 aliphatic carbocycles. The molecule has 1 aliphatic heterocycles. The number of piperidine rings is 1. The molecule has 2 N–H and O–H groups in total. The summed E-state index contributed by atoms with van der Waals surface area (Å²) >= 11 is 0. The van der Waals surface area contributed by atoms with E-state index in [1.807, 2.05) is 62.4 Å². The van der Waals surface area contributed by atoms with Gasteiger partial charge in [-0.1, -0.05) is 86.6 Å². The summed E-state index contributed by atoms with van der Waals surface area (Å²) in [5, 5.41) is 8.39. The molecule has 3 aromatic carbocycles. The second-order valence-corrected chi connectivity index (χ2v) is 9.65. The second-order valence-electron chi connectivity index (χ2n) is 9.65. The maximum absolute atomic E-state index is 13.1. The van der Waals surface area contributed by atoms with Crippen molar-refractivity contribution in [2.24, 2.45) is 5.92 Å². The van der Waals surface area contributed by atoms with E-state index in [-0.39, 0.29) is 30.2 Å². The van der Waals surface area contributed by atoms with Crippen molar-refractivity contribution >= 4 is 22.6 Å². The van der Waals surface area contributed by atoms with E-state index in [4.69, 9.17) is 0 Å². The molecule has 4 rings (SSSR count). The highest BCUT2D eigenvalue weighted by atomic mass is 16.2. The van der Waals surface area contributed by atoms with E-state index in [1.54, 1.807) is 0 Å². The van der Waals surface area contributed by atoms with Crippen molar-refractivity contribution in [3.8, 4) is 0 Å². The van der Waals surface area contributed by atoms with Crippen molar-refractivity contribution in [1.82, 2.24) is 15.5 Å². The summed E-state index contributed by atoms with van der Waals surface area (Å²) in [6, 6.07) is 24.2.